The third-order valence-corrected chi connectivity index (χ3v) is 15.1. The largest absolute Gasteiger partial charge is 0.494 e. The number of amides is 3. The summed E-state index contributed by atoms with van der Waals surface area (Å²) in [5.41, 5.74) is 6.25. The Labute approximate surface area is 395 Å². The normalized spacial score (nSPS) is 18.4. The van der Waals surface area contributed by atoms with Gasteiger partial charge in [0.25, 0.3) is 5.91 Å². The van der Waals surface area contributed by atoms with Crippen LogP contribution in [-0.4, -0.2) is 137 Å². The number of piperidine rings is 2. The predicted molar refractivity (Wildman–Crippen MR) is 260 cm³/mol. The highest BCUT2D eigenvalue weighted by Crippen LogP contribution is 2.41. The Balaban J connectivity index is 0.790. The molecule has 0 spiro atoms. The summed E-state index contributed by atoms with van der Waals surface area (Å²) in [4.78, 5) is 55.6. The molecule has 358 valence electrons. The lowest BCUT2D eigenvalue weighted by atomic mass is 9.99. The monoisotopic (exact) mass is 947 g/mol. The summed E-state index contributed by atoms with van der Waals surface area (Å²) in [6.45, 7) is 12.3. The third kappa shape index (κ3) is 9.94. The van der Waals surface area contributed by atoms with E-state index in [-0.39, 0.29) is 36.6 Å². The first kappa shape index (κ1) is 46.7. The van der Waals surface area contributed by atoms with E-state index in [1.165, 1.54) is 16.5 Å². The van der Waals surface area contributed by atoms with Gasteiger partial charge in [0.05, 0.1) is 24.7 Å². The molecule has 3 N–H and O–H groups in total. The number of piperazine rings is 1. The molecule has 3 amide bonds. The van der Waals surface area contributed by atoms with Crippen molar-refractivity contribution < 1.29 is 32.8 Å². The standard InChI is InChI=1S/C49H59FN11O6P/c1-6-31-23-39(54-49-51-28-36(33-27-52-57(2)29-33)46(56-49)53-38-9-7-8-10-44(38)68(4,5)65)43(66-3)26-41(31)60-15-13-34(14-16-60)59-19-17-58(18-20-59)21-22-67-42-24-32-30-61(48(64)35(32)25-37(42)50)40-11-12-45(62)55-47(40)63/h7-10,23-29,34,40H,6,11-22,30H2,1-5H3,(H,55,62,63)(H2,51,53,54,56). The number of imide groups is 1. The van der Waals surface area contributed by atoms with E-state index in [0.29, 0.717) is 42.3 Å². The number of aromatic nitrogens is 4. The Kier molecular flexibility index (Phi) is 13.5. The molecule has 5 aromatic rings. The number of nitrogens with one attached hydrogen (secondary N) is 3. The maximum Gasteiger partial charge on any atom is 0.255 e. The fraction of sp³-hybridized carbons (Fsp3) is 0.429. The second kappa shape index (κ2) is 19.7. The van der Waals surface area contributed by atoms with Crippen LogP contribution in [0.15, 0.2) is 67.1 Å². The number of aryl methyl sites for hydroxylation is 2. The number of hydrogen-bond donors (Lipinski definition) is 3. The number of nitrogens with zero attached hydrogens (tertiary/aromatic N) is 8. The first-order valence-corrected chi connectivity index (χ1v) is 25.9. The Morgan fingerprint density at radius 1 is 0.912 bits per heavy atom. The number of benzene rings is 3. The predicted octanol–water partition coefficient (Wildman–Crippen LogP) is 5.75. The maximum atomic E-state index is 15.1. The second-order valence-corrected chi connectivity index (χ2v) is 21.5. The lowest BCUT2D eigenvalue weighted by Gasteiger charge is -2.43. The number of hydrogen-bond acceptors (Lipinski definition) is 14. The average Bonchev–Trinajstić information content (AvgIpc) is 3.90. The molecule has 1 atom stereocenters. The number of ether oxygens (including phenoxy) is 2. The number of halogens is 1. The van der Waals surface area contributed by atoms with Crippen molar-refractivity contribution in [1.29, 1.82) is 0 Å². The van der Waals surface area contributed by atoms with Crippen molar-refractivity contribution in [1.82, 2.24) is 39.8 Å². The zero-order chi connectivity index (χ0) is 47.7. The van der Waals surface area contributed by atoms with Gasteiger partial charge in [-0.1, -0.05) is 19.1 Å². The van der Waals surface area contributed by atoms with Crippen LogP contribution >= 0.6 is 7.14 Å². The highest BCUT2D eigenvalue weighted by atomic mass is 31.2. The molecule has 9 rings (SSSR count). The third-order valence-electron chi connectivity index (χ3n) is 13.5. The van der Waals surface area contributed by atoms with Crippen LogP contribution in [0.2, 0.25) is 0 Å². The maximum absolute atomic E-state index is 15.1. The second-order valence-electron chi connectivity index (χ2n) is 18.3. The number of rotatable bonds is 15. The van der Waals surface area contributed by atoms with E-state index in [1.807, 2.05) is 37.5 Å². The van der Waals surface area contributed by atoms with Crippen LogP contribution in [0.25, 0.3) is 11.1 Å². The van der Waals surface area contributed by atoms with E-state index >= 15 is 4.39 Å². The number of para-hydroxylation sites is 1. The molecule has 19 heteroatoms. The fourth-order valence-corrected chi connectivity index (χ4v) is 11.0. The summed E-state index contributed by atoms with van der Waals surface area (Å²) in [6.07, 6.45) is 8.74. The highest BCUT2D eigenvalue weighted by Gasteiger charge is 2.40. The molecule has 4 aliphatic rings. The molecular weight excluding hydrogens is 889 g/mol. The minimum absolute atomic E-state index is 0.0930. The lowest BCUT2D eigenvalue weighted by Crippen LogP contribution is -2.53. The number of methoxy groups -OCH3 is 1. The number of carbonyl (C=O) groups excluding carboxylic acids is 3. The van der Waals surface area contributed by atoms with Crippen LogP contribution in [0, 0.1) is 5.82 Å². The van der Waals surface area contributed by atoms with Crippen molar-refractivity contribution in [2.75, 3.05) is 88.4 Å². The molecule has 6 heterocycles. The minimum atomic E-state index is -2.61. The van der Waals surface area contributed by atoms with Crippen LogP contribution in [0.1, 0.15) is 54.1 Å². The molecular formula is C49H59FN11O6P. The molecule has 0 saturated carbocycles. The van der Waals surface area contributed by atoms with Crippen molar-refractivity contribution in [2.45, 2.75) is 57.7 Å². The number of fused-ring (bicyclic) bond motifs is 1. The van der Waals surface area contributed by atoms with Crippen LogP contribution in [0.3, 0.4) is 0 Å². The van der Waals surface area contributed by atoms with E-state index in [1.54, 1.807) is 43.6 Å². The Bertz CT molecular complexity index is 2760. The average molecular weight is 948 g/mol. The molecule has 68 heavy (non-hydrogen) atoms. The van der Waals surface area contributed by atoms with Gasteiger partial charge in [-0.25, -0.2) is 9.37 Å². The minimum Gasteiger partial charge on any atom is -0.494 e. The van der Waals surface area contributed by atoms with Crippen molar-refractivity contribution in [3.05, 3.63) is 89.6 Å². The molecule has 0 bridgehead atoms. The zero-order valence-electron chi connectivity index (χ0n) is 39.3. The Hall–Kier alpha value is -6.36. The van der Waals surface area contributed by atoms with E-state index in [2.05, 4.69) is 54.8 Å². The molecule has 0 aliphatic carbocycles. The Morgan fingerprint density at radius 2 is 1.69 bits per heavy atom. The van der Waals surface area contributed by atoms with Gasteiger partial charge in [-0.2, -0.15) is 10.1 Å². The van der Waals surface area contributed by atoms with Crippen LogP contribution in [0.5, 0.6) is 11.5 Å². The lowest BCUT2D eigenvalue weighted by molar-refractivity contribution is -0.136. The smallest absolute Gasteiger partial charge is 0.255 e. The quantitative estimate of drug-likeness (QED) is 0.0854. The van der Waals surface area contributed by atoms with Gasteiger partial charge in [0.1, 0.15) is 31.4 Å². The molecule has 1 unspecified atom stereocenters. The molecule has 17 nitrogen and oxygen atoms in total. The van der Waals surface area contributed by atoms with Gasteiger partial charge >= 0.3 is 0 Å². The summed E-state index contributed by atoms with van der Waals surface area (Å²) in [5, 5.41) is 14.3. The van der Waals surface area contributed by atoms with Gasteiger partial charge in [0, 0.05) is 118 Å². The van der Waals surface area contributed by atoms with Gasteiger partial charge in [-0.15, -0.1) is 0 Å². The number of carbonyl (C=O) groups is 3. The summed E-state index contributed by atoms with van der Waals surface area (Å²) < 4.78 is 42.0. The highest BCUT2D eigenvalue weighted by molar-refractivity contribution is 7.70. The Morgan fingerprint density at radius 3 is 2.40 bits per heavy atom. The molecule has 3 fully saturated rings. The van der Waals surface area contributed by atoms with Crippen LogP contribution < -0.4 is 35.6 Å². The molecule has 3 aromatic carbocycles. The first-order chi connectivity index (χ1) is 32.8. The van der Waals surface area contributed by atoms with Crippen LogP contribution in [0.4, 0.5) is 33.2 Å². The van der Waals surface area contributed by atoms with Gasteiger partial charge in [0.15, 0.2) is 11.6 Å². The van der Waals surface area contributed by atoms with E-state index in [9.17, 15) is 18.9 Å². The molecule has 0 radical (unpaired) electrons. The van der Waals surface area contributed by atoms with Crippen molar-refractivity contribution in [3.63, 3.8) is 0 Å². The van der Waals surface area contributed by atoms with E-state index in [4.69, 9.17) is 19.4 Å². The zero-order valence-corrected chi connectivity index (χ0v) is 40.2. The first-order valence-electron chi connectivity index (χ1n) is 23.3. The molecule has 4 aliphatic heterocycles. The molecule has 3 saturated heterocycles. The van der Waals surface area contributed by atoms with Crippen molar-refractivity contribution in [2.24, 2.45) is 7.05 Å². The van der Waals surface area contributed by atoms with Gasteiger partial charge in [-0.05, 0) is 80.5 Å². The van der Waals surface area contributed by atoms with E-state index in [0.717, 1.165) is 92.0 Å². The summed E-state index contributed by atoms with van der Waals surface area (Å²) in [6, 6.07) is 14.3. The van der Waals surface area contributed by atoms with Gasteiger partial charge in [-0.3, -0.25) is 34.2 Å². The van der Waals surface area contributed by atoms with Crippen molar-refractivity contribution >= 4 is 59.0 Å². The van der Waals surface area contributed by atoms with E-state index < -0.39 is 30.8 Å². The fourth-order valence-electron chi connectivity index (χ4n) is 9.85. The SMILES string of the molecule is CCc1cc(Nc2ncc(-c3cnn(C)c3)c(Nc3ccccc3P(C)(C)=O)n2)c(OC)cc1N1CCC(N2CCN(CCOc3cc4c(cc3F)C(=O)N(C3CCC(=O)NC3=O)C4)CC2)CC1. The summed E-state index contributed by atoms with van der Waals surface area (Å²) in [7, 11) is 0.925. The molecule has 2 aromatic heterocycles. The van der Waals surface area contributed by atoms with Crippen molar-refractivity contribution in [3.8, 4) is 22.6 Å². The summed E-state index contributed by atoms with van der Waals surface area (Å²) in [5.74, 6) is -0.171. The van der Waals surface area contributed by atoms with Gasteiger partial charge in [0.2, 0.25) is 17.8 Å². The van der Waals surface area contributed by atoms with Crippen LogP contribution in [-0.2, 0) is 34.2 Å². The number of anilines is 5. The van der Waals surface area contributed by atoms with Gasteiger partial charge < -0.3 is 34.5 Å². The summed E-state index contributed by atoms with van der Waals surface area (Å²) >= 11 is 0. The topological polar surface area (TPSA) is 179 Å².